The van der Waals surface area contributed by atoms with Gasteiger partial charge in [0.15, 0.2) is 0 Å². The number of aliphatic carboxylic acids is 2. The summed E-state index contributed by atoms with van der Waals surface area (Å²) in [6.07, 6.45) is 2.34. The van der Waals surface area contributed by atoms with Crippen LogP contribution < -0.4 is 11.5 Å². The minimum absolute atomic E-state index is 0.231. The third-order valence-corrected chi connectivity index (χ3v) is 6.06. The highest BCUT2D eigenvalue weighted by Crippen LogP contribution is 2.19. The molecule has 2 aliphatic rings. The molecule has 2 saturated heterocycles. The first-order valence-corrected chi connectivity index (χ1v) is 12.4. The van der Waals surface area contributed by atoms with Crippen LogP contribution in [-0.2, 0) is 32.3 Å². The molecule has 10 heteroatoms. The highest BCUT2D eigenvalue weighted by molar-refractivity contribution is 5.89. The number of benzene rings is 2. The fourth-order valence-electron chi connectivity index (χ4n) is 4.08. The van der Waals surface area contributed by atoms with Gasteiger partial charge in [0.2, 0.25) is 11.8 Å². The molecule has 2 aromatic carbocycles. The SMILES string of the molecule is NCC1CC(=O)N(Cc2ccccc2)C1.NCC1CC(=O)N(Cc2ccccc2)C1.O=C(O)C=CC(=O)O. The van der Waals surface area contributed by atoms with Crippen molar-refractivity contribution in [3.05, 3.63) is 83.9 Å². The van der Waals surface area contributed by atoms with E-state index in [2.05, 4.69) is 0 Å². The molecule has 10 nitrogen and oxygen atoms in total. The van der Waals surface area contributed by atoms with E-state index >= 15 is 0 Å². The largest absolute Gasteiger partial charge is 0.478 e. The van der Waals surface area contributed by atoms with Crippen molar-refractivity contribution in [2.24, 2.45) is 23.3 Å². The fourth-order valence-corrected chi connectivity index (χ4v) is 4.08. The van der Waals surface area contributed by atoms with Crippen molar-refractivity contribution in [1.82, 2.24) is 9.80 Å². The highest BCUT2D eigenvalue weighted by atomic mass is 16.4. The molecule has 0 radical (unpaired) electrons. The molecule has 0 bridgehead atoms. The van der Waals surface area contributed by atoms with Crippen LogP contribution in [0.2, 0.25) is 0 Å². The molecule has 2 amide bonds. The summed E-state index contributed by atoms with van der Waals surface area (Å²) in [4.78, 5) is 46.1. The lowest BCUT2D eigenvalue weighted by atomic mass is 10.1. The molecule has 38 heavy (non-hydrogen) atoms. The maximum Gasteiger partial charge on any atom is 0.328 e. The molecule has 204 valence electrons. The van der Waals surface area contributed by atoms with Crippen molar-refractivity contribution >= 4 is 23.8 Å². The van der Waals surface area contributed by atoms with Gasteiger partial charge in [-0.25, -0.2) is 9.59 Å². The van der Waals surface area contributed by atoms with Gasteiger partial charge in [-0.05, 0) is 36.1 Å². The van der Waals surface area contributed by atoms with Gasteiger partial charge >= 0.3 is 11.9 Å². The number of nitrogens with zero attached hydrogens (tertiary/aromatic N) is 2. The van der Waals surface area contributed by atoms with Crippen molar-refractivity contribution in [2.75, 3.05) is 26.2 Å². The number of carbonyl (C=O) groups is 4. The molecule has 4 rings (SSSR count). The van der Waals surface area contributed by atoms with E-state index in [-0.39, 0.29) is 11.8 Å². The van der Waals surface area contributed by atoms with E-state index in [1.165, 1.54) is 11.1 Å². The van der Waals surface area contributed by atoms with Gasteiger partial charge in [-0.3, -0.25) is 9.59 Å². The Morgan fingerprint density at radius 3 is 1.32 bits per heavy atom. The number of nitrogens with two attached hydrogens (primary N) is 2. The Hall–Kier alpha value is -4.02. The van der Waals surface area contributed by atoms with Gasteiger partial charge in [0.05, 0.1) is 0 Å². The summed E-state index contributed by atoms with van der Waals surface area (Å²) in [5.74, 6) is -1.36. The molecule has 2 unspecified atom stereocenters. The second-order valence-electron chi connectivity index (χ2n) is 9.14. The normalized spacial score (nSPS) is 18.6. The zero-order valence-corrected chi connectivity index (χ0v) is 21.3. The number of amides is 2. The van der Waals surface area contributed by atoms with Crippen molar-refractivity contribution in [2.45, 2.75) is 25.9 Å². The van der Waals surface area contributed by atoms with E-state index < -0.39 is 11.9 Å². The van der Waals surface area contributed by atoms with Crippen LogP contribution in [0.5, 0.6) is 0 Å². The average molecular weight is 525 g/mol. The molecule has 2 aliphatic heterocycles. The van der Waals surface area contributed by atoms with E-state index in [4.69, 9.17) is 21.7 Å². The Balaban J connectivity index is 0.000000211. The van der Waals surface area contributed by atoms with Crippen molar-refractivity contribution in [1.29, 1.82) is 0 Å². The minimum atomic E-state index is -1.26. The highest BCUT2D eigenvalue weighted by Gasteiger charge is 2.29. The van der Waals surface area contributed by atoms with Crippen molar-refractivity contribution < 1.29 is 29.4 Å². The summed E-state index contributed by atoms with van der Waals surface area (Å²) in [6.45, 7) is 4.27. The smallest absolute Gasteiger partial charge is 0.328 e. The standard InChI is InChI=1S/2C12H16N2O.C4H4O4/c2*13-7-11-6-12(15)14(9-11)8-10-4-2-1-3-5-10;5-3(6)1-2-4(7)8/h2*1-5,11H,6-9,13H2;1-2H,(H,5,6)(H,7,8). The topological polar surface area (TPSA) is 167 Å². The molecule has 0 spiro atoms. The summed E-state index contributed by atoms with van der Waals surface area (Å²) in [5, 5.41) is 15.6. The van der Waals surface area contributed by atoms with Gasteiger partial charge in [0.25, 0.3) is 0 Å². The van der Waals surface area contributed by atoms with Crippen molar-refractivity contribution in [3.63, 3.8) is 0 Å². The summed E-state index contributed by atoms with van der Waals surface area (Å²) in [5.41, 5.74) is 13.5. The molecule has 2 atom stereocenters. The third-order valence-electron chi connectivity index (χ3n) is 6.06. The van der Waals surface area contributed by atoms with Crippen LogP contribution in [0, 0.1) is 11.8 Å². The Labute approximate surface area is 222 Å². The second kappa shape index (κ2) is 16.0. The first kappa shape index (κ1) is 30.2. The molecular weight excluding hydrogens is 488 g/mol. The van der Waals surface area contributed by atoms with E-state index in [9.17, 15) is 19.2 Å². The van der Waals surface area contributed by atoms with Crippen molar-refractivity contribution in [3.8, 4) is 0 Å². The van der Waals surface area contributed by atoms with Crippen LogP contribution in [-0.4, -0.2) is 69.9 Å². The van der Waals surface area contributed by atoms with Gasteiger partial charge in [-0.15, -0.1) is 0 Å². The first-order valence-electron chi connectivity index (χ1n) is 12.4. The molecular formula is C28H36N4O6. The maximum atomic E-state index is 11.6. The fraction of sp³-hybridized carbons (Fsp3) is 0.357. The van der Waals surface area contributed by atoms with E-state index in [0.29, 0.717) is 49.9 Å². The van der Waals surface area contributed by atoms with E-state index in [0.717, 1.165) is 26.2 Å². The number of rotatable bonds is 8. The van der Waals surface area contributed by atoms with E-state index in [1.54, 1.807) is 0 Å². The number of hydrogen-bond acceptors (Lipinski definition) is 6. The van der Waals surface area contributed by atoms with E-state index in [1.807, 2.05) is 70.5 Å². The monoisotopic (exact) mass is 524 g/mol. The van der Waals surface area contributed by atoms with Gasteiger partial charge in [0.1, 0.15) is 0 Å². The lowest BCUT2D eigenvalue weighted by Gasteiger charge is -2.16. The Bertz CT molecular complexity index is 992. The van der Waals surface area contributed by atoms with Gasteiger partial charge < -0.3 is 31.5 Å². The Morgan fingerprint density at radius 1 is 0.711 bits per heavy atom. The van der Waals surface area contributed by atoms with Crippen LogP contribution in [0.3, 0.4) is 0 Å². The molecule has 0 saturated carbocycles. The van der Waals surface area contributed by atoms with Gasteiger partial charge in [-0.2, -0.15) is 0 Å². The number of carboxylic acids is 2. The zero-order chi connectivity index (χ0) is 27.9. The predicted octanol–water partition coefficient (Wildman–Crippen LogP) is 1.70. The van der Waals surface area contributed by atoms with Crippen LogP contribution in [0.25, 0.3) is 0 Å². The Morgan fingerprint density at radius 2 is 1.05 bits per heavy atom. The minimum Gasteiger partial charge on any atom is -0.478 e. The molecule has 0 aliphatic carbocycles. The lowest BCUT2D eigenvalue weighted by molar-refractivity contribution is -0.134. The molecule has 0 aromatic heterocycles. The summed E-state index contributed by atoms with van der Waals surface area (Å²) in [7, 11) is 0. The predicted molar refractivity (Wildman–Crippen MR) is 142 cm³/mol. The second-order valence-corrected chi connectivity index (χ2v) is 9.14. The van der Waals surface area contributed by atoms with Gasteiger partial charge in [0, 0.05) is 51.2 Å². The molecule has 2 aromatic rings. The number of carbonyl (C=O) groups excluding carboxylic acids is 2. The lowest BCUT2D eigenvalue weighted by Crippen LogP contribution is -2.25. The summed E-state index contributed by atoms with van der Waals surface area (Å²) in [6, 6.07) is 20.1. The van der Waals surface area contributed by atoms with Crippen LogP contribution in [0.4, 0.5) is 0 Å². The van der Waals surface area contributed by atoms with Crippen LogP contribution in [0.15, 0.2) is 72.8 Å². The third kappa shape index (κ3) is 10.9. The summed E-state index contributed by atoms with van der Waals surface area (Å²) >= 11 is 0. The van der Waals surface area contributed by atoms with Crippen LogP contribution >= 0.6 is 0 Å². The maximum absolute atomic E-state index is 11.6. The molecule has 2 fully saturated rings. The quantitative estimate of drug-likeness (QED) is 0.379. The summed E-state index contributed by atoms with van der Waals surface area (Å²) < 4.78 is 0. The Kier molecular flexibility index (Phi) is 12.7. The number of likely N-dealkylation sites (tertiary alicyclic amines) is 2. The van der Waals surface area contributed by atoms with Gasteiger partial charge in [-0.1, -0.05) is 60.7 Å². The average Bonchev–Trinajstić information content (AvgIpc) is 3.45. The van der Waals surface area contributed by atoms with Crippen LogP contribution in [0.1, 0.15) is 24.0 Å². The molecule has 6 N–H and O–H groups in total. The number of carboxylic acid groups (broad SMARTS) is 2. The number of hydrogen-bond donors (Lipinski definition) is 4. The zero-order valence-electron chi connectivity index (χ0n) is 21.3. The molecule has 2 heterocycles. The first-order chi connectivity index (χ1) is 18.2.